The monoisotopic (exact) mass is 334 g/mol. The van der Waals surface area contributed by atoms with E-state index in [9.17, 15) is 4.79 Å². The van der Waals surface area contributed by atoms with Gasteiger partial charge in [-0.2, -0.15) is 15.4 Å². The van der Waals surface area contributed by atoms with Gasteiger partial charge in [-0.25, -0.2) is 0 Å². The number of nitrogens with two attached hydrogens (primary N) is 1. The highest BCUT2D eigenvalue weighted by Crippen LogP contribution is 2.37. The Hall–Kier alpha value is -1.11. The van der Waals surface area contributed by atoms with Crippen molar-refractivity contribution in [1.82, 2.24) is 15.4 Å². The minimum atomic E-state index is -0.691. The quantitative estimate of drug-likeness (QED) is 0.827. The van der Waals surface area contributed by atoms with E-state index >= 15 is 0 Å². The summed E-state index contributed by atoms with van der Waals surface area (Å²) in [6, 6.07) is 3.37. The van der Waals surface area contributed by atoms with Crippen molar-refractivity contribution in [3.05, 3.63) is 32.3 Å². The Kier molecular flexibility index (Phi) is 3.37. The summed E-state index contributed by atoms with van der Waals surface area (Å²) in [6.07, 6.45) is 0. The Morgan fingerprint density at radius 3 is 2.65 bits per heavy atom. The first-order valence-corrected chi connectivity index (χ1v) is 5.91. The van der Waals surface area contributed by atoms with Crippen LogP contribution in [0.5, 0.6) is 0 Å². The Bertz CT molecular complexity index is 599. The number of carbonyl (C=O) groups is 1. The molecule has 3 N–H and O–H groups in total. The zero-order chi connectivity index (χ0) is 12.6. The average Bonchev–Trinajstić information content (AvgIpc) is 2.75. The first kappa shape index (κ1) is 12.3. The van der Waals surface area contributed by atoms with E-state index < -0.39 is 5.91 Å². The maximum atomic E-state index is 11.1. The summed E-state index contributed by atoms with van der Waals surface area (Å²) in [6.45, 7) is 0. The van der Waals surface area contributed by atoms with E-state index in [1.165, 1.54) is 0 Å². The van der Waals surface area contributed by atoms with Crippen molar-refractivity contribution in [2.45, 2.75) is 0 Å². The topological polar surface area (TPSA) is 84.7 Å². The molecule has 0 bridgehead atoms. The number of H-pyrrole nitrogens is 1. The molecule has 8 heteroatoms. The van der Waals surface area contributed by atoms with Crippen molar-refractivity contribution >= 4 is 45.0 Å². The minimum Gasteiger partial charge on any atom is -0.364 e. The summed E-state index contributed by atoms with van der Waals surface area (Å²) >= 11 is 15.3. The van der Waals surface area contributed by atoms with Crippen molar-refractivity contribution in [2.75, 3.05) is 0 Å². The molecule has 0 spiro atoms. The number of nitrogens with one attached hydrogen (secondary N) is 1. The van der Waals surface area contributed by atoms with E-state index in [0.29, 0.717) is 15.1 Å². The number of nitrogens with zero attached hydrogens (tertiary/aromatic N) is 2. The lowest BCUT2D eigenvalue weighted by molar-refractivity contribution is 0.0996. The van der Waals surface area contributed by atoms with E-state index in [-0.39, 0.29) is 16.4 Å². The van der Waals surface area contributed by atoms with Crippen molar-refractivity contribution in [3.8, 4) is 11.3 Å². The number of benzene rings is 1. The molecule has 0 aliphatic carbocycles. The third kappa shape index (κ3) is 2.15. The Labute approximate surface area is 114 Å². The van der Waals surface area contributed by atoms with Crippen LogP contribution in [0.3, 0.4) is 0 Å². The Morgan fingerprint density at radius 2 is 2.00 bits per heavy atom. The van der Waals surface area contributed by atoms with Gasteiger partial charge in [-0.3, -0.25) is 4.79 Å². The molecule has 0 saturated heterocycles. The first-order chi connectivity index (χ1) is 8.02. The van der Waals surface area contributed by atoms with Crippen molar-refractivity contribution in [1.29, 1.82) is 0 Å². The smallest absolute Gasteiger partial charge is 0.271 e. The molecule has 0 unspecified atom stereocenters. The lowest BCUT2D eigenvalue weighted by Gasteiger charge is -2.05. The van der Waals surface area contributed by atoms with Gasteiger partial charge in [0.15, 0.2) is 5.69 Å². The summed E-state index contributed by atoms with van der Waals surface area (Å²) in [4.78, 5) is 11.1. The fourth-order valence-electron chi connectivity index (χ4n) is 1.30. The second-order valence-electron chi connectivity index (χ2n) is 3.11. The van der Waals surface area contributed by atoms with Crippen LogP contribution in [-0.2, 0) is 0 Å². The first-order valence-electron chi connectivity index (χ1n) is 4.36. The minimum absolute atomic E-state index is 0.0188. The fourth-order valence-corrected chi connectivity index (χ4v) is 2.16. The molecule has 0 atom stereocenters. The molecule has 88 valence electrons. The van der Waals surface area contributed by atoms with Gasteiger partial charge in [0.25, 0.3) is 5.91 Å². The summed E-state index contributed by atoms with van der Waals surface area (Å²) in [5.41, 5.74) is 5.95. The number of aromatic amines is 1. The highest BCUT2D eigenvalue weighted by molar-refractivity contribution is 9.10. The molecule has 0 aliphatic rings. The Balaban J connectivity index is 2.65. The molecule has 1 aromatic heterocycles. The summed E-state index contributed by atoms with van der Waals surface area (Å²) in [5.74, 6) is -0.691. The number of aromatic nitrogens is 3. The van der Waals surface area contributed by atoms with Crippen LogP contribution >= 0.6 is 39.1 Å². The maximum Gasteiger partial charge on any atom is 0.271 e. The molecule has 1 heterocycles. The van der Waals surface area contributed by atoms with Gasteiger partial charge in [-0.15, -0.1) is 0 Å². The number of rotatable bonds is 2. The molecule has 0 fully saturated rings. The number of hydrogen-bond donors (Lipinski definition) is 2. The normalized spacial score (nSPS) is 10.5. The summed E-state index contributed by atoms with van der Waals surface area (Å²) in [7, 11) is 0. The van der Waals surface area contributed by atoms with Gasteiger partial charge in [0.2, 0.25) is 0 Å². The zero-order valence-corrected chi connectivity index (χ0v) is 11.3. The molecule has 2 rings (SSSR count). The maximum absolute atomic E-state index is 11.1. The number of carbonyl (C=O) groups excluding carboxylic acids is 1. The van der Waals surface area contributed by atoms with E-state index in [1.807, 2.05) is 0 Å². The van der Waals surface area contributed by atoms with Gasteiger partial charge >= 0.3 is 0 Å². The number of hydrogen-bond acceptors (Lipinski definition) is 3. The predicted molar refractivity (Wildman–Crippen MR) is 68.1 cm³/mol. The van der Waals surface area contributed by atoms with Crippen molar-refractivity contribution < 1.29 is 4.79 Å². The predicted octanol–water partition coefficient (Wildman–Crippen LogP) is 2.64. The van der Waals surface area contributed by atoms with Crippen LogP contribution in [0, 0.1) is 0 Å². The van der Waals surface area contributed by atoms with Crippen LogP contribution in [0.15, 0.2) is 16.6 Å². The molecule has 2 aromatic rings. The zero-order valence-electron chi connectivity index (χ0n) is 8.17. The molecule has 0 radical (unpaired) electrons. The van der Waals surface area contributed by atoms with Crippen molar-refractivity contribution in [2.24, 2.45) is 5.73 Å². The van der Waals surface area contributed by atoms with Crippen LogP contribution in [0.1, 0.15) is 10.5 Å². The van der Waals surface area contributed by atoms with Gasteiger partial charge in [-0.05, 0) is 28.1 Å². The largest absolute Gasteiger partial charge is 0.364 e. The molecular formula is C9H5BrCl2N4O. The van der Waals surface area contributed by atoms with E-state index in [2.05, 4.69) is 31.3 Å². The molecule has 5 nitrogen and oxygen atoms in total. The summed E-state index contributed by atoms with van der Waals surface area (Å²) < 4.78 is 0.650. The van der Waals surface area contributed by atoms with Gasteiger partial charge in [-0.1, -0.05) is 23.2 Å². The van der Waals surface area contributed by atoms with E-state index in [1.54, 1.807) is 12.1 Å². The number of amides is 1. The molecular weight excluding hydrogens is 331 g/mol. The lowest BCUT2D eigenvalue weighted by Crippen LogP contribution is -2.12. The summed E-state index contributed by atoms with van der Waals surface area (Å²) in [5, 5.41) is 10.4. The van der Waals surface area contributed by atoms with Crippen LogP contribution in [0.2, 0.25) is 10.0 Å². The van der Waals surface area contributed by atoms with Crippen LogP contribution in [-0.4, -0.2) is 21.3 Å². The Morgan fingerprint density at radius 1 is 1.29 bits per heavy atom. The van der Waals surface area contributed by atoms with E-state index in [0.717, 1.165) is 0 Å². The SMILES string of the molecule is NC(=O)c1n[nH]nc1-c1ccc(Br)c(Cl)c1Cl. The van der Waals surface area contributed by atoms with Crippen molar-refractivity contribution in [3.63, 3.8) is 0 Å². The second kappa shape index (κ2) is 4.64. The molecule has 0 saturated carbocycles. The second-order valence-corrected chi connectivity index (χ2v) is 4.72. The van der Waals surface area contributed by atoms with Gasteiger partial charge in [0.1, 0.15) is 5.69 Å². The van der Waals surface area contributed by atoms with Gasteiger partial charge in [0, 0.05) is 10.0 Å². The average molecular weight is 336 g/mol. The third-order valence-corrected chi connectivity index (χ3v) is 3.84. The fraction of sp³-hybridized carbons (Fsp3) is 0. The third-order valence-electron chi connectivity index (χ3n) is 2.07. The molecule has 17 heavy (non-hydrogen) atoms. The van der Waals surface area contributed by atoms with E-state index in [4.69, 9.17) is 28.9 Å². The van der Waals surface area contributed by atoms with Gasteiger partial charge < -0.3 is 5.73 Å². The van der Waals surface area contributed by atoms with Crippen LogP contribution < -0.4 is 5.73 Å². The molecule has 1 amide bonds. The molecule has 1 aromatic carbocycles. The standard InChI is InChI=1S/C9H5BrCl2N4O/c10-4-2-1-3(5(11)6(4)12)7-8(9(13)17)15-16-14-7/h1-2H,(H2,13,17)(H,14,15,16). The van der Waals surface area contributed by atoms with Gasteiger partial charge in [0.05, 0.1) is 10.0 Å². The number of primary amides is 1. The highest BCUT2D eigenvalue weighted by atomic mass is 79.9. The van der Waals surface area contributed by atoms with Crippen LogP contribution in [0.25, 0.3) is 11.3 Å². The number of halogens is 3. The molecule has 0 aliphatic heterocycles. The van der Waals surface area contributed by atoms with Crippen LogP contribution in [0.4, 0.5) is 0 Å². The lowest BCUT2D eigenvalue weighted by atomic mass is 10.1. The highest BCUT2D eigenvalue weighted by Gasteiger charge is 2.19.